The van der Waals surface area contributed by atoms with Crippen LogP contribution in [0.2, 0.25) is 0 Å². The number of rotatable bonds is 2. The van der Waals surface area contributed by atoms with Crippen molar-refractivity contribution in [3.05, 3.63) is 41.1 Å². The Morgan fingerprint density at radius 1 is 1.14 bits per heavy atom. The molecule has 0 unspecified atom stereocenters. The molecule has 1 saturated carbocycles. The van der Waals surface area contributed by atoms with Crippen LogP contribution in [0.5, 0.6) is 0 Å². The first-order valence-electron chi connectivity index (χ1n) is 7.74. The Bertz CT molecular complexity index is 570. The topological polar surface area (TPSA) is 26.4 Å². The van der Waals surface area contributed by atoms with Gasteiger partial charge in [-0.15, -0.1) is 0 Å². The predicted octanol–water partition coefficient (Wildman–Crippen LogP) is 4.89. The maximum atomic E-state index is 11.3. The van der Waals surface area contributed by atoms with Crippen LogP contribution < -0.4 is 5.69 Å². The minimum atomic E-state index is 0. The summed E-state index contributed by atoms with van der Waals surface area (Å²) < 4.78 is 3.18. The van der Waals surface area contributed by atoms with Gasteiger partial charge in [0.1, 0.15) is 0 Å². The summed E-state index contributed by atoms with van der Waals surface area (Å²) in [5.74, 6) is 0. The minimum Gasteiger partial charge on any atom is -0.301 e. The maximum absolute atomic E-state index is 11.3. The fraction of sp³-hybridized carbons (Fsp3) is 0.611. The normalized spacial score (nSPS) is 14.1. The van der Waals surface area contributed by atoms with Crippen LogP contribution in [-0.4, -0.2) is 8.97 Å². The molecule has 3 nitrogen and oxygen atoms in total. The van der Waals surface area contributed by atoms with Gasteiger partial charge in [-0.3, -0.25) is 4.40 Å². The average Bonchev–Trinajstić information content (AvgIpc) is 3.25. The van der Waals surface area contributed by atoms with Crippen molar-refractivity contribution in [2.45, 2.75) is 60.8 Å². The van der Waals surface area contributed by atoms with Gasteiger partial charge in [0.2, 0.25) is 0 Å². The molecule has 2 aromatic rings. The van der Waals surface area contributed by atoms with Gasteiger partial charge in [0.15, 0.2) is 0 Å². The third-order valence-corrected chi connectivity index (χ3v) is 4.18. The first-order valence-corrected chi connectivity index (χ1v) is 7.74. The van der Waals surface area contributed by atoms with Crippen molar-refractivity contribution in [1.82, 2.24) is 8.97 Å². The third-order valence-electron chi connectivity index (χ3n) is 4.18. The molecule has 21 heavy (non-hydrogen) atoms. The van der Waals surface area contributed by atoms with E-state index in [-0.39, 0.29) is 13.1 Å². The second kappa shape index (κ2) is 8.71. The van der Waals surface area contributed by atoms with Gasteiger partial charge in [-0.25, -0.2) is 4.79 Å². The van der Waals surface area contributed by atoms with E-state index in [0.717, 1.165) is 10.9 Å². The number of imidazole rings is 1. The minimum absolute atomic E-state index is 0. The number of hydrogen-bond donors (Lipinski definition) is 0. The molecule has 1 fully saturated rings. The zero-order valence-electron chi connectivity index (χ0n) is 13.5. The van der Waals surface area contributed by atoms with E-state index >= 15 is 0 Å². The monoisotopic (exact) mass is 292 g/mol. The Morgan fingerprint density at radius 2 is 1.71 bits per heavy atom. The summed E-state index contributed by atoms with van der Waals surface area (Å²) in [6.45, 7) is 8.60. The van der Waals surface area contributed by atoms with Crippen LogP contribution in [0.15, 0.2) is 35.4 Å². The van der Waals surface area contributed by atoms with Crippen LogP contribution >= 0.6 is 0 Å². The fourth-order valence-corrected chi connectivity index (χ4v) is 2.29. The SMILES string of the molecule is C.CC.CCC1(CC)CC1.Cn1cc2ccccn2c1=O. The highest BCUT2D eigenvalue weighted by molar-refractivity contribution is 5.44. The van der Waals surface area contributed by atoms with Crippen LogP contribution in [0.3, 0.4) is 0 Å². The van der Waals surface area contributed by atoms with Crippen molar-refractivity contribution in [1.29, 1.82) is 0 Å². The number of pyridine rings is 1. The van der Waals surface area contributed by atoms with Gasteiger partial charge in [0, 0.05) is 19.4 Å². The van der Waals surface area contributed by atoms with Gasteiger partial charge in [-0.2, -0.15) is 0 Å². The number of fused-ring (bicyclic) bond motifs is 1. The summed E-state index contributed by atoms with van der Waals surface area (Å²) in [5, 5.41) is 0. The van der Waals surface area contributed by atoms with Crippen LogP contribution in [0.25, 0.3) is 5.52 Å². The highest BCUT2D eigenvalue weighted by atomic mass is 16.1. The van der Waals surface area contributed by atoms with E-state index in [4.69, 9.17) is 0 Å². The van der Waals surface area contributed by atoms with Gasteiger partial charge >= 0.3 is 5.69 Å². The number of hydrogen-bond acceptors (Lipinski definition) is 1. The van der Waals surface area contributed by atoms with Gasteiger partial charge < -0.3 is 4.57 Å². The molecular formula is C18H32N2O. The average molecular weight is 292 g/mol. The third kappa shape index (κ3) is 4.76. The largest absolute Gasteiger partial charge is 0.332 e. The van der Waals surface area contributed by atoms with Crippen molar-refractivity contribution in [2.24, 2.45) is 12.5 Å². The number of aromatic nitrogens is 2. The summed E-state index contributed by atoms with van der Waals surface area (Å²) in [4.78, 5) is 11.3. The molecule has 0 saturated heterocycles. The molecule has 0 bridgehead atoms. The molecule has 0 radical (unpaired) electrons. The van der Waals surface area contributed by atoms with E-state index in [1.807, 2.05) is 38.2 Å². The summed E-state index contributed by atoms with van der Waals surface area (Å²) in [6.07, 6.45) is 9.38. The Morgan fingerprint density at radius 3 is 2.10 bits per heavy atom. The Balaban J connectivity index is 0.000000351. The van der Waals surface area contributed by atoms with Crippen molar-refractivity contribution in [2.75, 3.05) is 0 Å². The lowest BCUT2D eigenvalue weighted by Crippen LogP contribution is -2.16. The maximum Gasteiger partial charge on any atom is 0.332 e. The van der Waals surface area contributed by atoms with Crippen molar-refractivity contribution < 1.29 is 0 Å². The molecule has 0 N–H and O–H groups in total. The van der Waals surface area contributed by atoms with Gasteiger partial charge in [0.25, 0.3) is 0 Å². The van der Waals surface area contributed by atoms with Gasteiger partial charge in [-0.05, 0) is 30.4 Å². The first-order chi connectivity index (χ1) is 9.62. The summed E-state index contributed by atoms with van der Waals surface area (Å²) in [5.41, 5.74) is 1.76. The molecule has 0 amide bonds. The van der Waals surface area contributed by atoms with E-state index < -0.39 is 0 Å². The second-order valence-electron chi connectivity index (χ2n) is 5.23. The smallest absolute Gasteiger partial charge is 0.301 e. The van der Waals surface area contributed by atoms with Gasteiger partial charge in [0.05, 0.1) is 5.52 Å². The highest BCUT2D eigenvalue weighted by Gasteiger charge is 2.37. The second-order valence-corrected chi connectivity index (χ2v) is 5.23. The van der Waals surface area contributed by atoms with E-state index in [9.17, 15) is 4.79 Å². The molecule has 2 heterocycles. The number of nitrogens with zero attached hydrogens (tertiary/aromatic N) is 2. The molecule has 0 spiro atoms. The summed E-state index contributed by atoms with van der Waals surface area (Å²) in [6, 6.07) is 5.66. The van der Waals surface area contributed by atoms with Crippen LogP contribution in [0.4, 0.5) is 0 Å². The Kier molecular flexibility index (Phi) is 8.08. The molecule has 3 heteroatoms. The Labute approximate surface area is 129 Å². The Hall–Kier alpha value is -1.51. The molecule has 0 aliphatic heterocycles. The molecule has 0 atom stereocenters. The zero-order chi connectivity index (χ0) is 15.2. The number of aryl methyl sites for hydroxylation is 1. The van der Waals surface area contributed by atoms with E-state index in [1.54, 1.807) is 22.2 Å². The molecule has 2 aromatic heterocycles. The molecule has 0 aromatic carbocycles. The standard InChI is InChI=1S/C8H8N2O.C7H14.C2H6.CH4/c1-9-6-7-4-2-3-5-10(7)8(9)11;1-3-7(4-2)5-6-7;1-2;/h2-6H,1H3;3-6H2,1-2H3;1-2H3;1H4. The van der Waals surface area contributed by atoms with Crippen LogP contribution in [0, 0.1) is 5.41 Å². The predicted molar refractivity (Wildman–Crippen MR) is 93.0 cm³/mol. The van der Waals surface area contributed by atoms with E-state index in [1.165, 1.54) is 25.7 Å². The highest BCUT2D eigenvalue weighted by Crippen LogP contribution is 2.51. The molecular weight excluding hydrogens is 260 g/mol. The summed E-state index contributed by atoms with van der Waals surface area (Å²) in [7, 11) is 1.75. The van der Waals surface area contributed by atoms with E-state index in [0.29, 0.717) is 0 Å². The zero-order valence-corrected chi connectivity index (χ0v) is 13.5. The van der Waals surface area contributed by atoms with Crippen molar-refractivity contribution in [3.8, 4) is 0 Å². The molecule has 1 aliphatic carbocycles. The van der Waals surface area contributed by atoms with Crippen molar-refractivity contribution >= 4 is 5.52 Å². The lowest BCUT2D eigenvalue weighted by molar-refractivity contribution is 0.474. The van der Waals surface area contributed by atoms with Gasteiger partial charge in [-0.1, -0.05) is 54.0 Å². The van der Waals surface area contributed by atoms with Crippen LogP contribution in [-0.2, 0) is 7.05 Å². The molecule has 120 valence electrons. The van der Waals surface area contributed by atoms with Crippen molar-refractivity contribution in [3.63, 3.8) is 0 Å². The lowest BCUT2D eigenvalue weighted by atomic mass is 10.0. The van der Waals surface area contributed by atoms with E-state index in [2.05, 4.69) is 13.8 Å². The lowest BCUT2D eigenvalue weighted by Gasteiger charge is -2.04. The molecule has 1 aliphatic rings. The fourth-order valence-electron chi connectivity index (χ4n) is 2.29. The summed E-state index contributed by atoms with van der Waals surface area (Å²) >= 11 is 0. The first kappa shape index (κ1) is 19.5. The molecule has 3 rings (SSSR count). The van der Waals surface area contributed by atoms with Crippen LogP contribution in [0.1, 0.15) is 60.8 Å². The quantitative estimate of drug-likeness (QED) is 0.774.